The predicted octanol–water partition coefficient (Wildman–Crippen LogP) is 3.42. The Morgan fingerprint density at radius 3 is 3.00 bits per heavy atom. The van der Waals surface area contributed by atoms with E-state index in [1.54, 1.807) is 0 Å². The molecule has 0 saturated carbocycles. The highest BCUT2D eigenvalue weighted by Crippen LogP contribution is 2.44. The molecule has 1 aromatic carbocycles. The highest BCUT2D eigenvalue weighted by atomic mass is 16.5. The summed E-state index contributed by atoms with van der Waals surface area (Å²) >= 11 is 0. The fraction of sp³-hybridized carbons (Fsp3) is 0.700. The molecule has 4 heteroatoms. The van der Waals surface area contributed by atoms with Crippen LogP contribution in [0.4, 0.5) is 0 Å². The van der Waals surface area contributed by atoms with Gasteiger partial charge in [0.15, 0.2) is 11.5 Å². The van der Waals surface area contributed by atoms with Crippen molar-refractivity contribution in [3.63, 3.8) is 0 Å². The number of benzene rings is 1. The number of methoxy groups -OCH3 is 2. The first-order chi connectivity index (χ1) is 18.8. The molecule has 0 aromatic heterocycles. The summed E-state index contributed by atoms with van der Waals surface area (Å²) in [6.45, 7) is -11.6. The van der Waals surface area contributed by atoms with Crippen LogP contribution in [0.2, 0.25) is 0 Å². The van der Waals surface area contributed by atoms with Crippen molar-refractivity contribution in [1.82, 2.24) is 4.90 Å². The van der Waals surface area contributed by atoms with Crippen LogP contribution < -0.4 is 9.47 Å². The first kappa shape index (κ1) is 5.62. The normalized spacial score (nSPS) is 51.5. The molecule has 0 amide bonds. The summed E-state index contributed by atoms with van der Waals surface area (Å²) in [7, 11) is -2.17. The smallest absolute Gasteiger partial charge is 0.161 e. The van der Waals surface area contributed by atoms with Crippen LogP contribution in [0.5, 0.6) is 11.5 Å². The van der Waals surface area contributed by atoms with Crippen LogP contribution >= 0.6 is 0 Å². The molecule has 2 heterocycles. The molecule has 134 valence electrons. The fourth-order valence-corrected chi connectivity index (χ4v) is 2.68. The van der Waals surface area contributed by atoms with Gasteiger partial charge in [-0.15, -0.1) is 0 Å². The molecule has 3 atom stereocenters. The molecule has 0 aliphatic carbocycles. The average Bonchev–Trinajstić information content (AvgIpc) is 2.81. The summed E-state index contributed by atoms with van der Waals surface area (Å²) < 4.78 is 168. The van der Waals surface area contributed by atoms with Crippen molar-refractivity contribution in [2.75, 3.05) is 27.2 Å². The van der Waals surface area contributed by atoms with E-state index < -0.39 is 106 Å². The van der Waals surface area contributed by atoms with E-state index in [2.05, 4.69) is 0 Å². The number of ether oxygens (including phenoxy) is 2. The van der Waals surface area contributed by atoms with Gasteiger partial charge in [0.2, 0.25) is 0 Å². The van der Waals surface area contributed by atoms with Gasteiger partial charge in [0.05, 0.1) is 28.5 Å². The van der Waals surface area contributed by atoms with Crippen molar-refractivity contribution in [3.05, 3.63) is 23.2 Å². The lowest BCUT2D eigenvalue weighted by molar-refractivity contribution is -0.0259. The van der Waals surface area contributed by atoms with Crippen molar-refractivity contribution >= 4 is 0 Å². The summed E-state index contributed by atoms with van der Waals surface area (Å²) in [4.78, 5) is 0.464. The Hall–Kier alpha value is -1.26. The van der Waals surface area contributed by atoms with Gasteiger partial charge in [0.1, 0.15) is 0 Å². The minimum atomic E-state index is -4.29. The third-order valence-corrected chi connectivity index (χ3v) is 3.68. The van der Waals surface area contributed by atoms with Crippen molar-refractivity contribution in [3.8, 4) is 11.5 Å². The molecule has 1 saturated heterocycles. The molecule has 0 radical (unpaired) electrons. The molecule has 4 nitrogen and oxygen atoms in total. The third-order valence-electron chi connectivity index (χ3n) is 3.68. The van der Waals surface area contributed by atoms with Gasteiger partial charge in [-0.3, -0.25) is 4.90 Å². The highest BCUT2D eigenvalue weighted by Gasteiger charge is 2.39. The van der Waals surface area contributed by atoms with Gasteiger partial charge >= 0.3 is 0 Å². The minimum absolute atomic E-state index is 0.174. The van der Waals surface area contributed by atoms with Gasteiger partial charge in [-0.1, -0.05) is 20.6 Å². The second kappa shape index (κ2) is 6.57. The maximum absolute atomic E-state index is 11.5. The van der Waals surface area contributed by atoms with Gasteiger partial charge < -0.3 is 14.6 Å². The Morgan fingerprint density at radius 1 is 1.50 bits per heavy atom. The molecule has 24 heavy (non-hydrogen) atoms. The average molecular weight is 353 g/mol. The van der Waals surface area contributed by atoms with Crippen molar-refractivity contribution in [2.24, 2.45) is 11.3 Å². The van der Waals surface area contributed by atoms with Crippen LogP contribution in [0.3, 0.4) is 0 Å². The Kier molecular flexibility index (Phi) is 1.54. The first-order valence-corrected chi connectivity index (χ1v) is 7.22. The molecular formula is C20H31NO3. The van der Waals surface area contributed by atoms with Gasteiger partial charge in [-0.2, -0.15) is 0 Å². The lowest BCUT2D eigenvalue weighted by atomic mass is 9.75. The number of nitrogens with zero attached hydrogens (tertiary/aromatic N) is 1. The van der Waals surface area contributed by atoms with E-state index in [0.717, 1.165) is 7.11 Å². The molecule has 3 unspecified atom stereocenters. The summed E-state index contributed by atoms with van der Waals surface area (Å²) in [6.07, 6.45) is -12.6. The number of piperidine rings is 1. The SMILES string of the molecule is [2H]c1c2c(c([2H])c(OC([2H])([2H])[2H])c1OC)C1N(CC2)C([2H])([2H])C([2H])(C([2H])([2H])C(C)(C([2H])([2H])[2H])C([2H])([2H])[2H])C([2H])(O)C1([2H])[2H]. The Balaban J connectivity index is 2.47. The van der Waals surface area contributed by atoms with E-state index in [1.807, 2.05) is 0 Å². The Bertz CT molecular complexity index is 1270. The van der Waals surface area contributed by atoms with Crippen LogP contribution in [0.25, 0.3) is 0 Å². The molecule has 1 fully saturated rings. The second-order valence-electron chi connectivity index (χ2n) is 5.68. The van der Waals surface area contributed by atoms with E-state index in [9.17, 15) is 5.11 Å². The molecule has 2 aliphatic rings. The zero-order valence-corrected chi connectivity index (χ0v) is 13.2. The Morgan fingerprint density at radius 2 is 2.29 bits per heavy atom. The summed E-state index contributed by atoms with van der Waals surface area (Å²) in [5.74, 6) is -5.60. The lowest BCUT2D eigenvalue weighted by Crippen LogP contribution is -2.48. The monoisotopic (exact) mass is 352 g/mol. The third kappa shape index (κ3) is 3.40. The second-order valence-corrected chi connectivity index (χ2v) is 5.68. The van der Waals surface area contributed by atoms with Crippen molar-refractivity contribution < 1.29 is 40.6 Å². The van der Waals surface area contributed by atoms with Crippen LogP contribution in [0.15, 0.2) is 12.1 Å². The molecule has 3 rings (SSSR count). The maximum Gasteiger partial charge on any atom is 0.161 e. The van der Waals surface area contributed by atoms with Crippen LogP contribution in [0, 0.1) is 11.3 Å². The number of fused-ring (bicyclic) bond motifs is 3. The van der Waals surface area contributed by atoms with Gasteiger partial charge in [-0.25, -0.2) is 0 Å². The Labute approximate surface area is 172 Å². The van der Waals surface area contributed by atoms with Crippen molar-refractivity contribution in [2.45, 2.75) is 51.9 Å². The largest absolute Gasteiger partial charge is 0.493 e. The van der Waals surface area contributed by atoms with Crippen LogP contribution in [-0.4, -0.2) is 43.3 Å². The van der Waals surface area contributed by atoms with Gasteiger partial charge in [0.25, 0.3) is 0 Å². The molecule has 1 aromatic rings. The minimum Gasteiger partial charge on any atom is -0.493 e. The van der Waals surface area contributed by atoms with E-state index in [4.69, 9.17) is 35.5 Å². The summed E-state index contributed by atoms with van der Waals surface area (Å²) in [5, 5.41) is 11.5. The quantitative estimate of drug-likeness (QED) is 0.905. The number of hydrogen-bond donors (Lipinski definition) is 1. The molecule has 2 aliphatic heterocycles. The van der Waals surface area contributed by atoms with Crippen LogP contribution in [-0.2, 0) is 6.42 Å². The number of aliphatic hydroxyl groups is 1. The lowest BCUT2D eigenvalue weighted by Gasteiger charge is -2.47. The molecule has 0 bridgehead atoms. The fourth-order valence-electron chi connectivity index (χ4n) is 2.68. The van der Waals surface area contributed by atoms with E-state index >= 15 is 0 Å². The maximum atomic E-state index is 11.5. The van der Waals surface area contributed by atoms with E-state index in [1.165, 1.54) is 0 Å². The van der Waals surface area contributed by atoms with E-state index in [0.29, 0.717) is 11.8 Å². The summed E-state index contributed by atoms with van der Waals surface area (Å²) in [5.41, 5.74) is -4.43. The summed E-state index contributed by atoms with van der Waals surface area (Å²) in [6, 6.07) is -3.77. The predicted molar refractivity (Wildman–Crippen MR) is 95.7 cm³/mol. The topological polar surface area (TPSA) is 41.9 Å². The highest BCUT2D eigenvalue weighted by molar-refractivity contribution is 5.49. The van der Waals surface area contributed by atoms with Gasteiger partial charge in [0, 0.05) is 36.9 Å². The van der Waals surface area contributed by atoms with Crippen molar-refractivity contribution in [1.29, 1.82) is 0 Å². The first-order valence-electron chi connectivity index (χ1n) is 16.7. The number of hydrogen-bond acceptors (Lipinski definition) is 4. The number of rotatable bonds is 3. The molecular weight excluding hydrogens is 302 g/mol. The molecule has 1 N–H and O–H groups in total. The molecule has 0 spiro atoms. The van der Waals surface area contributed by atoms with E-state index in [-0.39, 0.29) is 5.56 Å². The van der Waals surface area contributed by atoms with Crippen LogP contribution in [0.1, 0.15) is 76.6 Å². The standard InChI is InChI=1S/C20H31NO3/c1-20(2,3)11-14-12-21-7-6-13-8-18(23-4)19(24-5)9-15(13)16(21)10-17(14)22/h8-9,14,16-17,22H,6-7,10-12H2,1-5H3/i1D3,2D3,5D3,8D,9D,10D2,11D2,12D2,14D,17D. The van der Waals surface area contributed by atoms with Gasteiger partial charge in [-0.05, 0) is 53.7 Å². The zero-order chi connectivity index (χ0) is 33.9. The zero-order valence-electron chi connectivity index (χ0n) is 32.2.